The first-order valence-electron chi connectivity index (χ1n) is 6.80. The maximum absolute atomic E-state index is 12.0. The largest absolute Gasteiger partial charge is 0.469 e. The molecule has 2 aliphatic rings. The van der Waals surface area contributed by atoms with Crippen molar-refractivity contribution in [3.63, 3.8) is 0 Å². The fourth-order valence-corrected chi connectivity index (χ4v) is 2.58. The van der Waals surface area contributed by atoms with Crippen LogP contribution < -0.4 is 0 Å². The first kappa shape index (κ1) is 14.2. The predicted octanol–water partition coefficient (Wildman–Crippen LogP) is 0.940. The van der Waals surface area contributed by atoms with Gasteiger partial charge in [0.15, 0.2) is 0 Å². The SMILES string of the molecule is COC(=O)C1CC(C(=O)ON2C(=O)c3ccccc3C2=O)C1. The van der Waals surface area contributed by atoms with Crippen molar-refractivity contribution in [2.75, 3.05) is 7.11 Å². The molecule has 0 unspecified atom stereocenters. The number of nitrogens with zero attached hydrogens (tertiary/aromatic N) is 1. The van der Waals surface area contributed by atoms with Crippen LogP contribution in [-0.2, 0) is 19.2 Å². The van der Waals surface area contributed by atoms with Gasteiger partial charge < -0.3 is 9.57 Å². The maximum atomic E-state index is 12.0. The second-order valence-corrected chi connectivity index (χ2v) is 5.25. The molecule has 1 fully saturated rings. The van der Waals surface area contributed by atoms with Gasteiger partial charge in [-0.15, -0.1) is 0 Å². The fourth-order valence-electron chi connectivity index (χ4n) is 2.58. The van der Waals surface area contributed by atoms with Gasteiger partial charge in [-0.25, -0.2) is 4.79 Å². The normalized spacial score (nSPS) is 22.9. The molecular formula is C15H13NO6. The highest BCUT2D eigenvalue weighted by Gasteiger charge is 2.44. The lowest BCUT2D eigenvalue weighted by atomic mass is 9.75. The van der Waals surface area contributed by atoms with Crippen molar-refractivity contribution in [2.24, 2.45) is 11.8 Å². The molecule has 1 heterocycles. The zero-order valence-electron chi connectivity index (χ0n) is 11.8. The van der Waals surface area contributed by atoms with E-state index in [1.54, 1.807) is 12.1 Å². The molecule has 1 aliphatic heterocycles. The standard InChI is InChI=1S/C15H13NO6/c1-21-14(19)8-6-9(7-8)15(20)22-16-12(17)10-4-2-3-5-11(10)13(16)18/h2-5,8-9H,6-7H2,1H3. The predicted molar refractivity (Wildman–Crippen MR) is 71.3 cm³/mol. The first-order chi connectivity index (χ1) is 10.5. The quantitative estimate of drug-likeness (QED) is 0.610. The fraction of sp³-hybridized carbons (Fsp3) is 0.333. The number of carbonyl (C=O) groups is 4. The molecule has 3 rings (SSSR count). The summed E-state index contributed by atoms with van der Waals surface area (Å²) < 4.78 is 4.58. The summed E-state index contributed by atoms with van der Waals surface area (Å²) in [4.78, 5) is 52.2. The van der Waals surface area contributed by atoms with Crippen LogP contribution in [0.3, 0.4) is 0 Å². The number of ether oxygens (including phenoxy) is 1. The van der Waals surface area contributed by atoms with Crippen molar-refractivity contribution < 1.29 is 28.8 Å². The van der Waals surface area contributed by atoms with Gasteiger partial charge in [0.2, 0.25) is 0 Å². The van der Waals surface area contributed by atoms with Crippen LogP contribution >= 0.6 is 0 Å². The number of carbonyl (C=O) groups excluding carboxylic acids is 4. The number of hydroxylamine groups is 2. The number of fused-ring (bicyclic) bond motifs is 1. The summed E-state index contributed by atoms with van der Waals surface area (Å²) in [6.45, 7) is 0. The third-order valence-corrected chi connectivity index (χ3v) is 3.94. The summed E-state index contributed by atoms with van der Waals surface area (Å²) in [6.07, 6.45) is 0.601. The van der Waals surface area contributed by atoms with E-state index < -0.39 is 23.7 Å². The molecule has 7 heteroatoms. The van der Waals surface area contributed by atoms with E-state index in [1.807, 2.05) is 0 Å². The Hall–Kier alpha value is -2.70. The van der Waals surface area contributed by atoms with E-state index in [2.05, 4.69) is 4.74 Å². The molecule has 1 aliphatic carbocycles. The molecule has 0 saturated heterocycles. The highest BCUT2D eigenvalue weighted by molar-refractivity contribution is 6.20. The summed E-state index contributed by atoms with van der Waals surface area (Å²) in [5, 5.41) is 0.485. The molecule has 0 radical (unpaired) electrons. The van der Waals surface area contributed by atoms with E-state index >= 15 is 0 Å². The van der Waals surface area contributed by atoms with Crippen LogP contribution in [-0.4, -0.2) is 35.9 Å². The highest BCUT2D eigenvalue weighted by Crippen LogP contribution is 2.36. The van der Waals surface area contributed by atoms with Gasteiger partial charge in [-0.2, -0.15) is 0 Å². The Bertz CT molecular complexity index is 641. The van der Waals surface area contributed by atoms with Crippen LogP contribution in [0.5, 0.6) is 0 Å². The number of benzene rings is 1. The van der Waals surface area contributed by atoms with Crippen molar-refractivity contribution in [2.45, 2.75) is 12.8 Å². The van der Waals surface area contributed by atoms with Crippen LogP contribution in [0.4, 0.5) is 0 Å². The third kappa shape index (κ3) is 2.14. The number of hydrogen-bond donors (Lipinski definition) is 0. The van der Waals surface area contributed by atoms with E-state index in [4.69, 9.17) is 4.84 Å². The van der Waals surface area contributed by atoms with Gasteiger partial charge in [-0.3, -0.25) is 14.4 Å². The van der Waals surface area contributed by atoms with Crippen LogP contribution in [0.1, 0.15) is 33.6 Å². The van der Waals surface area contributed by atoms with Gasteiger partial charge in [0, 0.05) is 0 Å². The van der Waals surface area contributed by atoms with Crippen molar-refractivity contribution in [1.82, 2.24) is 5.06 Å². The zero-order chi connectivity index (χ0) is 15.9. The summed E-state index contributed by atoms with van der Waals surface area (Å²) in [5.41, 5.74) is 0.419. The Labute approximate surface area is 125 Å². The molecule has 2 amide bonds. The molecule has 1 aromatic rings. The first-order valence-corrected chi connectivity index (χ1v) is 6.80. The molecule has 0 N–H and O–H groups in total. The zero-order valence-corrected chi connectivity index (χ0v) is 11.8. The minimum atomic E-state index is -0.686. The van der Waals surface area contributed by atoms with Gasteiger partial charge >= 0.3 is 11.9 Å². The van der Waals surface area contributed by atoms with Gasteiger partial charge in [0.1, 0.15) is 0 Å². The third-order valence-electron chi connectivity index (χ3n) is 3.94. The van der Waals surface area contributed by atoms with Crippen LogP contribution in [0, 0.1) is 11.8 Å². The average molecular weight is 303 g/mol. The van der Waals surface area contributed by atoms with Crippen molar-refractivity contribution in [3.8, 4) is 0 Å². The van der Waals surface area contributed by atoms with Crippen molar-refractivity contribution in [1.29, 1.82) is 0 Å². The number of methoxy groups -OCH3 is 1. The van der Waals surface area contributed by atoms with E-state index in [-0.39, 0.29) is 23.0 Å². The van der Waals surface area contributed by atoms with Crippen LogP contribution in [0.2, 0.25) is 0 Å². The number of rotatable bonds is 3. The topological polar surface area (TPSA) is 90.0 Å². The van der Waals surface area contributed by atoms with Crippen molar-refractivity contribution in [3.05, 3.63) is 35.4 Å². The Kier molecular flexibility index (Phi) is 3.40. The van der Waals surface area contributed by atoms with Crippen molar-refractivity contribution >= 4 is 23.8 Å². The summed E-state index contributed by atoms with van der Waals surface area (Å²) in [5.74, 6) is -3.20. The van der Waals surface area contributed by atoms with E-state index in [1.165, 1.54) is 19.2 Å². The molecule has 0 aromatic heterocycles. The van der Waals surface area contributed by atoms with E-state index in [0.717, 1.165) is 0 Å². The lowest BCUT2D eigenvalue weighted by Gasteiger charge is -2.31. The highest BCUT2D eigenvalue weighted by atomic mass is 16.7. The second kappa shape index (κ2) is 5.25. The maximum Gasteiger partial charge on any atom is 0.336 e. The lowest BCUT2D eigenvalue weighted by molar-refractivity contribution is -0.180. The molecule has 0 bridgehead atoms. The molecule has 0 spiro atoms. The van der Waals surface area contributed by atoms with Gasteiger partial charge in [0.25, 0.3) is 11.8 Å². The molecule has 1 saturated carbocycles. The molecule has 7 nitrogen and oxygen atoms in total. The minimum absolute atomic E-state index is 0.210. The number of imide groups is 1. The van der Waals surface area contributed by atoms with Gasteiger partial charge in [-0.1, -0.05) is 17.2 Å². The number of hydrogen-bond acceptors (Lipinski definition) is 6. The van der Waals surface area contributed by atoms with Crippen LogP contribution in [0.25, 0.3) is 0 Å². The minimum Gasteiger partial charge on any atom is -0.469 e. The molecule has 0 atom stereocenters. The van der Waals surface area contributed by atoms with Gasteiger partial charge in [-0.05, 0) is 25.0 Å². The number of amides is 2. The molecule has 114 valence electrons. The lowest BCUT2D eigenvalue weighted by Crippen LogP contribution is -2.41. The molecule has 22 heavy (non-hydrogen) atoms. The molecule has 1 aromatic carbocycles. The average Bonchev–Trinajstić information content (AvgIpc) is 2.71. The van der Waals surface area contributed by atoms with Gasteiger partial charge in [0.05, 0.1) is 30.1 Å². The number of esters is 1. The van der Waals surface area contributed by atoms with E-state index in [0.29, 0.717) is 17.9 Å². The summed E-state index contributed by atoms with van der Waals surface area (Å²) in [6, 6.07) is 6.25. The second-order valence-electron chi connectivity index (χ2n) is 5.25. The Morgan fingerprint density at radius 3 is 2.00 bits per heavy atom. The Balaban J connectivity index is 1.64. The Morgan fingerprint density at radius 2 is 1.50 bits per heavy atom. The Morgan fingerprint density at radius 1 is 1.00 bits per heavy atom. The summed E-state index contributed by atoms with van der Waals surface area (Å²) in [7, 11) is 1.28. The monoisotopic (exact) mass is 303 g/mol. The van der Waals surface area contributed by atoms with Crippen LogP contribution in [0.15, 0.2) is 24.3 Å². The summed E-state index contributed by atoms with van der Waals surface area (Å²) >= 11 is 0. The molecular weight excluding hydrogens is 290 g/mol. The smallest absolute Gasteiger partial charge is 0.336 e. The van der Waals surface area contributed by atoms with E-state index in [9.17, 15) is 19.2 Å².